The van der Waals surface area contributed by atoms with Gasteiger partial charge in [-0.25, -0.2) is 15.0 Å². The molecule has 0 unspecified atom stereocenters. The smallest absolute Gasteiger partial charge is 0.164 e. The van der Waals surface area contributed by atoms with Crippen LogP contribution in [0.5, 0.6) is 0 Å². The van der Waals surface area contributed by atoms with Crippen molar-refractivity contribution in [1.29, 1.82) is 0 Å². The Morgan fingerprint density at radius 1 is 0.263 bits per heavy atom. The number of benzene rings is 8. The number of furan rings is 3. The van der Waals surface area contributed by atoms with Crippen molar-refractivity contribution in [2.24, 2.45) is 0 Å². The molecule has 0 aliphatic carbocycles. The third-order valence-electron chi connectivity index (χ3n) is 11.0. The van der Waals surface area contributed by atoms with Crippen molar-refractivity contribution in [3.63, 3.8) is 0 Å². The number of nitrogens with zero attached hydrogens (tertiary/aromatic N) is 3. The highest BCUT2D eigenvalue weighted by molar-refractivity contribution is 6.13. The summed E-state index contributed by atoms with van der Waals surface area (Å²) in [5.41, 5.74) is 12.0. The van der Waals surface area contributed by atoms with Gasteiger partial charge >= 0.3 is 0 Å². The maximum absolute atomic E-state index is 6.29. The molecule has 6 nitrogen and oxygen atoms in total. The van der Waals surface area contributed by atoms with Gasteiger partial charge in [-0.3, -0.25) is 0 Å². The molecule has 0 fully saturated rings. The van der Waals surface area contributed by atoms with E-state index in [-0.39, 0.29) is 0 Å². The van der Waals surface area contributed by atoms with Gasteiger partial charge in [0.1, 0.15) is 33.5 Å². The van der Waals surface area contributed by atoms with Crippen LogP contribution in [0, 0.1) is 0 Å². The normalized spacial score (nSPS) is 11.9. The molecule has 0 aliphatic heterocycles. The van der Waals surface area contributed by atoms with Crippen molar-refractivity contribution in [3.8, 4) is 56.4 Å². The van der Waals surface area contributed by atoms with Crippen molar-refractivity contribution in [2.75, 3.05) is 0 Å². The molecule has 57 heavy (non-hydrogen) atoms. The first-order chi connectivity index (χ1) is 28.2. The monoisotopic (exact) mass is 731 g/mol. The van der Waals surface area contributed by atoms with Gasteiger partial charge in [0.25, 0.3) is 0 Å². The third-order valence-corrected chi connectivity index (χ3v) is 11.0. The lowest BCUT2D eigenvalue weighted by molar-refractivity contribution is 0.668. The Labute approximate surface area is 325 Å². The molecule has 0 amide bonds. The molecular weight excluding hydrogens is 703 g/mol. The maximum Gasteiger partial charge on any atom is 0.164 e. The number of hydrogen-bond donors (Lipinski definition) is 0. The molecule has 0 atom stereocenters. The van der Waals surface area contributed by atoms with Crippen LogP contribution in [0.3, 0.4) is 0 Å². The zero-order chi connectivity index (χ0) is 37.5. The highest BCUT2D eigenvalue weighted by Crippen LogP contribution is 2.40. The Kier molecular flexibility index (Phi) is 6.83. The van der Waals surface area contributed by atoms with E-state index >= 15 is 0 Å². The molecule has 0 saturated carbocycles. The number of aromatic nitrogens is 3. The van der Waals surface area contributed by atoms with E-state index in [2.05, 4.69) is 97.1 Å². The molecule has 0 radical (unpaired) electrons. The minimum Gasteiger partial charge on any atom is -0.456 e. The van der Waals surface area contributed by atoms with Crippen LogP contribution in [0.15, 0.2) is 189 Å². The van der Waals surface area contributed by atoms with Crippen molar-refractivity contribution in [1.82, 2.24) is 15.0 Å². The van der Waals surface area contributed by atoms with E-state index in [1.165, 1.54) is 0 Å². The van der Waals surface area contributed by atoms with Gasteiger partial charge in [-0.2, -0.15) is 0 Å². The van der Waals surface area contributed by atoms with E-state index in [9.17, 15) is 0 Å². The summed E-state index contributed by atoms with van der Waals surface area (Å²) < 4.78 is 18.7. The molecule has 6 heteroatoms. The molecule has 0 N–H and O–H groups in total. The van der Waals surface area contributed by atoms with Crippen LogP contribution in [0.25, 0.3) is 122 Å². The summed E-state index contributed by atoms with van der Waals surface area (Å²) in [5.74, 6) is 1.71. The standard InChI is InChI=1S/C51H29N3O3/c1-4-17-41-37(12-1)38-27-26-34(29-46(38)57-41)51-53-49(31-24-22-30(23-25-31)35-15-8-20-44-47(35)39-13-2-5-18-42(39)55-44)52-50(54-51)33-11-7-10-32(28-33)36-16-9-21-45-48(36)40-14-3-6-19-43(40)56-45/h1-29H. The van der Waals surface area contributed by atoms with E-state index < -0.39 is 0 Å². The molecule has 0 aliphatic rings. The second-order valence-electron chi connectivity index (χ2n) is 14.3. The largest absolute Gasteiger partial charge is 0.456 e. The lowest BCUT2D eigenvalue weighted by atomic mass is 9.97. The topological polar surface area (TPSA) is 78.1 Å². The lowest BCUT2D eigenvalue weighted by Gasteiger charge is -2.11. The SMILES string of the molecule is c1cc(-c2nc(-c3ccc(-c4cccc5oc6ccccc6c45)cc3)nc(-c3ccc4c(c3)oc3ccccc34)n2)cc(-c2cccc3oc4ccccc4c23)c1. The van der Waals surface area contributed by atoms with Crippen LogP contribution >= 0.6 is 0 Å². The van der Waals surface area contributed by atoms with Gasteiger partial charge in [-0.05, 0) is 70.8 Å². The van der Waals surface area contributed by atoms with Gasteiger partial charge in [0.15, 0.2) is 17.5 Å². The predicted molar refractivity (Wildman–Crippen MR) is 229 cm³/mol. The van der Waals surface area contributed by atoms with Gasteiger partial charge in [-0.1, -0.05) is 127 Å². The lowest BCUT2D eigenvalue weighted by Crippen LogP contribution is -2.00. The Morgan fingerprint density at radius 2 is 0.684 bits per heavy atom. The first-order valence-corrected chi connectivity index (χ1v) is 18.9. The first kappa shape index (κ1) is 31.5. The van der Waals surface area contributed by atoms with Gasteiger partial charge in [-0.15, -0.1) is 0 Å². The van der Waals surface area contributed by atoms with Gasteiger partial charge in [0.2, 0.25) is 0 Å². The van der Waals surface area contributed by atoms with Crippen molar-refractivity contribution >= 4 is 65.8 Å². The van der Waals surface area contributed by atoms with E-state index in [1.807, 2.05) is 78.9 Å². The summed E-state index contributed by atoms with van der Waals surface area (Å²) >= 11 is 0. The number of rotatable bonds is 5. The van der Waals surface area contributed by atoms with Crippen LogP contribution < -0.4 is 0 Å². The Morgan fingerprint density at radius 3 is 1.33 bits per heavy atom. The minimum absolute atomic E-state index is 0.560. The highest BCUT2D eigenvalue weighted by Gasteiger charge is 2.18. The first-order valence-electron chi connectivity index (χ1n) is 18.9. The Balaban J connectivity index is 1.01. The van der Waals surface area contributed by atoms with Crippen LogP contribution in [-0.4, -0.2) is 15.0 Å². The van der Waals surface area contributed by atoms with Crippen molar-refractivity contribution in [3.05, 3.63) is 176 Å². The molecule has 0 bridgehead atoms. The second kappa shape index (κ2) is 12.3. The van der Waals surface area contributed by atoms with Crippen LogP contribution in [-0.2, 0) is 0 Å². The Bertz CT molecular complexity index is 3540. The average molecular weight is 732 g/mol. The third kappa shape index (κ3) is 5.08. The number of para-hydroxylation sites is 3. The highest BCUT2D eigenvalue weighted by atomic mass is 16.3. The molecule has 0 saturated heterocycles. The molecule has 8 aromatic carbocycles. The quantitative estimate of drug-likeness (QED) is 0.175. The van der Waals surface area contributed by atoms with E-state index in [4.69, 9.17) is 28.2 Å². The molecule has 4 aromatic heterocycles. The fraction of sp³-hybridized carbons (Fsp3) is 0. The maximum atomic E-state index is 6.29. The van der Waals surface area contributed by atoms with Crippen LogP contribution in [0.2, 0.25) is 0 Å². The fourth-order valence-electron chi connectivity index (χ4n) is 8.28. The van der Waals surface area contributed by atoms with Gasteiger partial charge in [0, 0.05) is 49.0 Å². The summed E-state index contributed by atoms with van der Waals surface area (Å²) in [6, 6.07) is 59.9. The molecule has 0 spiro atoms. The minimum atomic E-state index is 0.560. The van der Waals surface area contributed by atoms with E-state index in [0.717, 1.165) is 105 Å². The average Bonchev–Trinajstić information content (AvgIpc) is 3.97. The zero-order valence-electron chi connectivity index (χ0n) is 30.3. The summed E-state index contributed by atoms with van der Waals surface area (Å²) in [6.07, 6.45) is 0. The molecule has 12 rings (SSSR count). The summed E-state index contributed by atoms with van der Waals surface area (Å²) in [7, 11) is 0. The zero-order valence-corrected chi connectivity index (χ0v) is 30.3. The van der Waals surface area contributed by atoms with Gasteiger partial charge in [0.05, 0.1) is 0 Å². The van der Waals surface area contributed by atoms with E-state index in [0.29, 0.717) is 17.5 Å². The van der Waals surface area contributed by atoms with E-state index in [1.54, 1.807) is 0 Å². The van der Waals surface area contributed by atoms with Crippen LogP contribution in [0.1, 0.15) is 0 Å². The fourth-order valence-corrected chi connectivity index (χ4v) is 8.28. The van der Waals surface area contributed by atoms with Crippen molar-refractivity contribution in [2.45, 2.75) is 0 Å². The second-order valence-corrected chi connectivity index (χ2v) is 14.3. The van der Waals surface area contributed by atoms with Crippen LogP contribution in [0.4, 0.5) is 0 Å². The summed E-state index contributed by atoms with van der Waals surface area (Å²) in [4.78, 5) is 15.4. The molecule has 4 heterocycles. The van der Waals surface area contributed by atoms with Gasteiger partial charge < -0.3 is 13.3 Å². The number of hydrogen-bond acceptors (Lipinski definition) is 6. The molecule has 12 aromatic rings. The summed E-state index contributed by atoms with van der Waals surface area (Å²) in [5, 5.41) is 6.49. The molecular formula is C51H29N3O3. The molecule has 266 valence electrons. The number of fused-ring (bicyclic) bond motifs is 9. The predicted octanol–water partition coefficient (Wildman–Crippen LogP) is 13.9. The van der Waals surface area contributed by atoms with Crippen molar-refractivity contribution < 1.29 is 13.3 Å². The summed E-state index contributed by atoms with van der Waals surface area (Å²) in [6.45, 7) is 0. The Hall–Kier alpha value is -7.83.